The van der Waals surface area contributed by atoms with Crippen LogP contribution in [0.2, 0.25) is 0 Å². The van der Waals surface area contributed by atoms with Crippen molar-refractivity contribution < 1.29 is 14.3 Å². The van der Waals surface area contributed by atoms with Crippen LogP contribution in [0.5, 0.6) is 5.75 Å². The molecule has 144 valence electrons. The second kappa shape index (κ2) is 8.46. The van der Waals surface area contributed by atoms with Gasteiger partial charge in [-0.3, -0.25) is 4.79 Å². The average molecular weight is 394 g/mol. The number of anilines is 2. The highest BCUT2D eigenvalue weighted by molar-refractivity contribution is 7.18. The summed E-state index contributed by atoms with van der Waals surface area (Å²) in [7, 11) is 1.60. The zero-order chi connectivity index (χ0) is 19.3. The third kappa shape index (κ3) is 3.88. The number of carbonyl (C=O) groups excluding carboxylic acids is 1. The molecule has 4 rings (SSSR count). The molecule has 0 saturated carbocycles. The Kier molecular flexibility index (Phi) is 5.60. The number of morpholine rings is 1. The summed E-state index contributed by atoms with van der Waals surface area (Å²) < 4.78 is 10.8. The molecule has 0 atom stereocenters. The minimum absolute atomic E-state index is 0.133. The smallest absolute Gasteiger partial charge is 0.265 e. The molecule has 0 bridgehead atoms. The van der Waals surface area contributed by atoms with E-state index in [9.17, 15) is 4.79 Å². The molecule has 1 aromatic heterocycles. The maximum atomic E-state index is 13.0. The predicted molar refractivity (Wildman–Crippen MR) is 114 cm³/mol. The van der Waals surface area contributed by atoms with Gasteiger partial charge in [0.05, 0.1) is 35.9 Å². The molecule has 2 heterocycles. The van der Waals surface area contributed by atoms with Crippen molar-refractivity contribution in [3.63, 3.8) is 0 Å². The lowest BCUT2D eigenvalue weighted by Gasteiger charge is -2.28. The number of para-hydroxylation sites is 2. The summed E-state index contributed by atoms with van der Waals surface area (Å²) in [5, 5.41) is 4.09. The van der Waals surface area contributed by atoms with Gasteiger partial charge in [0.2, 0.25) is 0 Å². The number of amides is 1. The highest BCUT2D eigenvalue weighted by Gasteiger charge is 2.22. The van der Waals surface area contributed by atoms with Gasteiger partial charge in [-0.2, -0.15) is 0 Å². The van der Waals surface area contributed by atoms with Crippen LogP contribution in [0.25, 0.3) is 11.1 Å². The van der Waals surface area contributed by atoms with Crippen LogP contribution in [0.4, 0.5) is 10.7 Å². The van der Waals surface area contributed by atoms with Crippen LogP contribution in [0, 0.1) is 0 Å². The number of methoxy groups -OCH3 is 1. The maximum Gasteiger partial charge on any atom is 0.265 e. The van der Waals surface area contributed by atoms with E-state index >= 15 is 0 Å². The summed E-state index contributed by atoms with van der Waals surface area (Å²) in [6.45, 7) is 3.06. The van der Waals surface area contributed by atoms with E-state index in [2.05, 4.69) is 22.3 Å². The summed E-state index contributed by atoms with van der Waals surface area (Å²) in [4.78, 5) is 15.9. The van der Waals surface area contributed by atoms with E-state index < -0.39 is 0 Å². The van der Waals surface area contributed by atoms with E-state index in [1.165, 1.54) is 11.3 Å². The summed E-state index contributed by atoms with van der Waals surface area (Å²) >= 11 is 1.52. The number of nitrogens with zero attached hydrogens (tertiary/aromatic N) is 1. The van der Waals surface area contributed by atoms with Gasteiger partial charge in [-0.05, 0) is 23.8 Å². The summed E-state index contributed by atoms with van der Waals surface area (Å²) in [6.07, 6.45) is 0. The van der Waals surface area contributed by atoms with Gasteiger partial charge in [-0.1, -0.05) is 42.5 Å². The van der Waals surface area contributed by atoms with Crippen molar-refractivity contribution in [3.05, 3.63) is 65.5 Å². The lowest BCUT2D eigenvalue weighted by atomic mass is 10.1. The molecule has 1 saturated heterocycles. The Morgan fingerprint density at radius 2 is 1.79 bits per heavy atom. The number of thiophene rings is 1. The Hall–Kier alpha value is -2.83. The van der Waals surface area contributed by atoms with E-state index in [4.69, 9.17) is 9.47 Å². The van der Waals surface area contributed by atoms with Gasteiger partial charge in [0, 0.05) is 18.7 Å². The number of nitrogens with one attached hydrogen (secondary N) is 1. The highest BCUT2D eigenvalue weighted by Crippen LogP contribution is 2.40. The molecule has 6 heteroatoms. The van der Waals surface area contributed by atoms with Crippen molar-refractivity contribution in [1.29, 1.82) is 0 Å². The normalized spacial score (nSPS) is 14.0. The third-order valence-corrected chi connectivity index (χ3v) is 5.87. The van der Waals surface area contributed by atoms with E-state index in [1.54, 1.807) is 7.11 Å². The predicted octanol–water partition coefficient (Wildman–Crippen LogP) is 4.51. The molecule has 2 aromatic carbocycles. The van der Waals surface area contributed by atoms with Crippen LogP contribution in [-0.2, 0) is 4.74 Å². The molecule has 1 amide bonds. The minimum Gasteiger partial charge on any atom is -0.495 e. The average Bonchev–Trinajstić information content (AvgIpc) is 3.21. The third-order valence-electron chi connectivity index (χ3n) is 4.67. The van der Waals surface area contributed by atoms with Crippen LogP contribution in [-0.4, -0.2) is 39.3 Å². The second-order valence-corrected chi connectivity index (χ2v) is 7.48. The van der Waals surface area contributed by atoms with Gasteiger partial charge >= 0.3 is 0 Å². The number of carbonyl (C=O) groups is 1. The summed E-state index contributed by atoms with van der Waals surface area (Å²) in [5.41, 5.74) is 2.85. The first kappa shape index (κ1) is 18.5. The molecule has 1 fully saturated rings. The zero-order valence-electron chi connectivity index (χ0n) is 15.7. The Morgan fingerprint density at radius 3 is 2.54 bits per heavy atom. The van der Waals surface area contributed by atoms with Crippen molar-refractivity contribution in [2.45, 2.75) is 0 Å². The first-order valence-electron chi connectivity index (χ1n) is 9.22. The van der Waals surface area contributed by atoms with Gasteiger partial charge in [0.1, 0.15) is 5.75 Å². The molecule has 0 radical (unpaired) electrons. The second-order valence-electron chi connectivity index (χ2n) is 6.45. The standard InChI is InChI=1S/C22H22N2O3S/c1-26-19-10-6-5-9-18(19)23-21(25)20-15-17(16-7-3-2-4-8-16)22(28-20)24-11-13-27-14-12-24/h2-10,15H,11-14H2,1H3,(H,23,25). The molecular weight excluding hydrogens is 372 g/mol. The first-order valence-corrected chi connectivity index (χ1v) is 10.0. The maximum absolute atomic E-state index is 13.0. The molecule has 5 nitrogen and oxygen atoms in total. The van der Waals surface area contributed by atoms with E-state index in [0.717, 1.165) is 29.2 Å². The van der Waals surface area contributed by atoms with Gasteiger partial charge in [0.15, 0.2) is 0 Å². The molecule has 0 spiro atoms. The minimum atomic E-state index is -0.133. The quantitative estimate of drug-likeness (QED) is 0.692. The topological polar surface area (TPSA) is 50.8 Å². The van der Waals surface area contributed by atoms with Crippen molar-refractivity contribution in [2.24, 2.45) is 0 Å². The molecule has 1 N–H and O–H groups in total. The summed E-state index contributed by atoms with van der Waals surface area (Å²) in [6, 6.07) is 19.6. The van der Waals surface area contributed by atoms with Crippen LogP contribution in [0.3, 0.4) is 0 Å². The first-order chi connectivity index (χ1) is 13.8. The van der Waals surface area contributed by atoms with Crippen LogP contribution >= 0.6 is 11.3 Å². The van der Waals surface area contributed by atoms with Crippen molar-refractivity contribution in [1.82, 2.24) is 0 Å². The van der Waals surface area contributed by atoms with E-state index in [1.807, 2.05) is 48.5 Å². The molecule has 1 aliphatic rings. The summed E-state index contributed by atoms with van der Waals surface area (Å²) in [5.74, 6) is 0.510. The van der Waals surface area contributed by atoms with Gasteiger partial charge < -0.3 is 19.7 Å². The Balaban J connectivity index is 1.67. The number of hydrogen-bond acceptors (Lipinski definition) is 5. The zero-order valence-corrected chi connectivity index (χ0v) is 16.5. The van der Waals surface area contributed by atoms with E-state index in [0.29, 0.717) is 29.5 Å². The van der Waals surface area contributed by atoms with Gasteiger partial charge in [-0.15, -0.1) is 11.3 Å². The van der Waals surface area contributed by atoms with E-state index in [-0.39, 0.29) is 5.91 Å². The fourth-order valence-corrected chi connectivity index (χ4v) is 4.38. The fraction of sp³-hybridized carbons (Fsp3) is 0.227. The molecule has 1 aliphatic heterocycles. The number of ether oxygens (including phenoxy) is 2. The highest BCUT2D eigenvalue weighted by atomic mass is 32.1. The van der Waals surface area contributed by atoms with Crippen LogP contribution in [0.1, 0.15) is 9.67 Å². The molecular formula is C22H22N2O3S. The molecule has 0 aliphatic carbocycles. The monoisotopic (exact) mass is 394 g/mol. The molecule has 3 aromatic rings. The number of benzene rings is 2. The largest absolute Gasteiger partial charge is 0.495 e. The van der Waals surface area contributed by atoms with Gasteiger partial charge in [0.25, 0.3) is 5.91 Å². The SMILES string of the molecule is COc1ccccc1NC(=O)c1cc(-c2ccccc2)c(N2CCOCC2)s1. The van der Waals surface area contributed by atoms with Crippen LogP contribution in [0.15, 0.2) is 60.7 Å². The van der Waals surface area contributed by atoms with Crippen molar-refractivity contribution in [2.75, 3.05) is 43.6 Å². The van der Waals surface area contributed by atoms with Crippen LogP contribution < -0.4 is 15.0 Å². The lowest BCUT2D eigenvalue weighted by Crippen LogP contribution is -2.35. The van der Waals surface area contributed by atoms with Gasteiger partial charge in [-0.25, -0.2) is 0 Å². The Bertz CT molecular complexity index is 949. The Labute approximate surface area is 168 Å². The number of hydrogen-bond donors (Lipinski definition) is 1. The van der Waals surface area contributed by atoms with Crippen molar-refractivity contribution >= 4 is 27.9 Å². The lowest BCUT2D eigenvalue weighted by molar-refractivity contribution is 0.103. The fourth-order valence-electron chi connectivity index (χ4n) is 3.25. The molecule has 0 unspecified atom stereocenters. The number of rotatable bonds is 5. The Morgan fingerprint density at radius 1 is 1.07 bits per heavy atom. The molecule has 28 heavy (non-hydrogen) atoms. The van der Waals surface area contributed by atoms with Crippen molar-refractivity contribution in [3.8, 4) is 16.9 Å².